The van der Waals surface area contributed by atoms with Crippen LogP contribution < -0.4 is 5.73 Å². The Kier molecular flexibility index (Phi) is 5.11. The van der Waals surface area contributed by atoms with Crippen molar-refractivity contribution < 1.29 is 13.2 Å². The molecule has 0 aliphatic carbocycles. The van der Waals surface area contributed by atoms with Gasteiger partial charge in [-0.15, -0.1) is 0 Å². The molecule has 2 N–H and O–H groups in total. The van der Waals surface area contributed by atoms with E-state index in [4.69, 9.17) is 17.3 Å². The number of hydrogen-bond donors (Lipinski definition) is 1. The first-order valence-electron chi connectivity index (χ1n) is 5.14. The molecule has 4 nitrogen and oxygen atoms in total. The van der Waals surface area contributed by atoms with Crippen LogP contribution in [0.5, 0.6) is 0 Å². The number of carbonyl (C=O) groups is 1. The largest absolute Gasteiger partial charge is 0.330 e. The molecule has 94 valence electrons. The molecule has 0 radical (unpaired) electrons. The van der Waals surface area contributed by atoms with Gasteiger partial charge >= 0.3 is 0 Å². The fourth-order valence-electron chi connectivity index (χ4n) is 1.29. The second-order valence-electron chi connectivity index (χ2n) is 3.66. The molecule has 0 unspecified atom stereocenters. The van der Waals surface area contributed by atoms with Crippen molar-refractivity contribution in [1.82, 2.24) is 0 Å². The zero-order valence-corrected chi connectivity index (χ0v) is 10.8. The predicted octanol–water partition coefficient (Wildman–Crippen LogP) is 1.29. The molecule has 1 aromatic carbocycles. The Bertz CT molecular complexity index is 482. The van der Waals surface area contributed by atoms with Crippen LogP contribution in [0.25, 0.3) is 0 Å². The van der Waals surface area contributed by atoms with Gasteiger partial charge in [0.15, 0.2) is 15.6 Å². The summed E-state index contributed by atoms with van der Waals surface area (Å²) in [7, 11) is -3.36. The van der Waals surface area contributed by atoms with Gasteiger partial charge in [0.2, 0.25) is 0 Å². The molecule has 1 rings (SSSR count). The van der Waals surface area contributed by atoms with E-state index in [0.717, 1.165) is 0 Å². The third-order valence-corrected chi connectivity index (χ3v) is 4.04. The van der Waals surface area contributed by atoms with Crippen molar-refractivity contribution in [1.29, 1.82) is 0 Å². The van der Waals surface area contributed by atoms with Crippen LogP contribution in [0, 0.1) is 0 Å². The number of rotatable bonds is 6. The number of sulfone groups is 1. The van der Waals surface area contributed by atoms with Crippen LogP contribution in [-0.2, 0) is 9.84 Å². The van der Waals surface area contributed by atoms with Gasteiger partial charge in [-0.05, 0) is 37.2 Å². The number of nitrogens with two attached hydrogens (primary N) is 1. The number of hydrogen-bond acceptors (Lipinski definition) is 4. The van der Waals surface area contributed by atoms with Crippen molar-refractivity contribution in [3.63, 3.8) is 0 Å². The second-order valence-corrected chi connectivity index (χ2v) is 6.28. The maximum atomic E-state index is 11.7. The van der Waals surface area contributed by atoms with E-state index in [1.165, 1.54) is 12.1 Å². The summed E-state index contributed by atoms with van der Waals surface area (Å²) in [5.41, 5.74) is 5.58. The highest BCUT2D eigenvalue weighted by molar-refractivity contribution is 7.92. The maximum absolute atomic E-state index is 11.7. The minimum absolute atomic E-state index is 0.0527. The molecule has 0 amide bonds. The Morgan fingerprint density at radius 2 is 1.82 bits per heavy atom. The van der Waals surface area contributed by atoms with Gasteiger partial charge in [-0.1, -0.05) is 11.6 Å². The van der Waals surface area contributed by atoms with Crippen molar-refractivity contribution in [3.8, 4) is 0 Å². The second kappa shape index (κ2) is 6.14. The fourth-order valence-corrected chi connectivity index (χ4v) is 2.74. The van der Waals surface area contributed by atoms with E-state index in [9.17, 15) is 13.2 Å². The Hall–Kier alpha value is -0.910. The maximum Gasteiger partial charge on any atom is 0.177 e. The third-order valence-electron chi connectivity index (χ3n) is 2.18. The molecule has 0 saturated heterocycles. The number of carbonyl (C=O) groups excluding carboxylic acids is 1. The minimum Gasteiger partial charge on any atom is -0.330 e. The Morgan fingerprint density at radius 1 is 1.24 bits per heavy atom. The standard InChI is InChI=1S/C11H14ClNO3S/c12-10-4-2-9(3-5-10)11(14)8-17(15,16)7-1-6-13/h2-5H,1,6-8,13H2. The molecular formula is C11H14ClNO3S. The predicted molar refractivity (Wildman–Crippen MR) is 68.1 cm³/mol. The monoisotopic (exact) mass is 275 g/mol. The van der Waals surface area contributed by atoms with Gasteiger partial charge in [0, 0.05) is 10.6 Å². The van der Waals surface area contributed by atoms with Gasteiger partial charge in [-0.2, -0.15) is 0 Å². The molecule has 0 aliphatic heterocycles. The summed E-state index contributed by atoms with van der Waals surface area (Å²) in [5, 5.41) is 0.507. The van der Waals surface area contributed by atoms with Crippen LogP contribution in [0.15, 0.2) is 24.3 Å². The highest BCUT2D eigenvalue weighted by Crippen LogP contribution is 2.11. The highest BCUT2D eigenvalue weighted by atomic mass is 35.5. The quantitative estimate of drug-likeness (QED) is 0.794. The lowest BCUT2D eigenvalue weighted by atomic mass is 10.1. The first kappa shape index (κ1) is 14.2. The zero-order chi connectivity index (χ0) is 12.9. The molecule has 0 aliphatic rings. The summed E-state index contributed by atoms with van der Waals surface area (Å²) in [6, 6.07) is 6.15. The summed E-state index contributed by atoms with van der Waals surface area (Å²) in [6.45, 7) is 0.300. The van der Waals surface area contributed by atoms with Gasteiger partial charge in [-0.3, -0.25) is 4.79 Å². The lowest BCUT2D eigenvalue weighted by Crippen LogP contribution is -2.20. The van der Waals surface area contributed by atoms with Gasteiger partial charge in [0.05, 0.1) is 5.75 Å². The van der Waals surface area contributed by atoms with Crippen LogP contribution in [0.1, 0.15) is 16.8 Å². The van der Waals surface area contributed by atoms with Crippen molar-refractivity contribution in [3.05, 3.63) is 34.9 Å². The van der Waals surface area contributed by atoms with E-state index < -0.39 is 21.4 Å². The van der Waals surface area contributed by atoms with Crippen LogP contribution in [0.3, 0.4) is 0 Å². The summed E-state index contributed by atoms with van der Waals surface area (Å²) >= 11 is 5.67. The summed E-state index contributed by atoms with van der Waals surface area (Å²) < 4.78 is 23.1. The van der Waals surface area contributed by atoms with E-state index >= 15 is 0 Å². The Labute approximate surface area is 106 Å². The number of benzene rings is 1. The number of ketones is 1. The first-order valence-corrected chi connectivity index (χ1v) is 7.34. The molecule has 17 heavy (non-hydrogen) atoms. The van der Waals surface area contributed by atoms with Crippen LogP contribution in [0.4, 0.5) is 0 Å². The van der Waals surface area contributed by atoms with Gasteiger partial charge in [0.1, 0.15) is 5.75 Å². The van der Waals surface area contributed by atoms with Crippen molar-refractivity contribution >= 4 is 27.2 Å². The van der Waals surface area contributed by atoms with E-state index in [1.54, 1.807) is 12.1 Å². The van der Waals surface area contributed by atoms with Crippen LogP contribution in [-0.4, -0.2) is 32.3 Å². The molecule has 0 atom stereocenters. The smallest absolute Gasteiger partial charge is 0.177 e. The first-order chi connectivity index (χ1) is 7.94. The van der Waals surface area contributed by atoms with Crippen LogP contribution in [0.2, 0.25) is 5.02 Å². The summed E-state index contributed by atoms with van der Waals surface area (Å²) in [5.74, 6) is -0.948. The fraction of sp³-hybridized carbons (Fsp3) is 0.364. The van der Waals surface area contributed by atoms with E-state index in [-0.39, 0.29) is 5.75 Å². The lowest BCUT2D eigenvalue weighted by molar-refractivity contribution is 0.102. The molecule has 6 heteroatoms. The summed E-state index contributed by atoms with van der Waals surface area (Å²) in [4.78, 5) is 11.7. The van der Waals surface area contributed by atoms with Crippen LogP contribution >= 0.6 is 11.6 Å². The van der Waals surface area contributed by atoms with E-state index in [2.05, 4.69) is 0 Å². The van der Waals surface area contributed by atoms with Gasteiger partial charge in [0.25, 0.3) is 0 Å². The average molecular weight is 276 g/mol. The molecule has 0 spiro atoms. The third kappa shape index (κ3) is 4.85. The molecule has 0 fully saturated rings. The van der Waals surface area contributed by atoms with Gasteiger partial charge < -0.3 is 5.73 Å². The molecule has 0 aromatic heterocycles. The minimum atomic E-state index is -3.36. The molecule has 0 saturated carbocycles. The van der Waals surface area contributed by atoms with Crippen molar-refractivity contribution in [2.24, 2.45) is 5.73 Å². The van der Waals surface area contributed by atoms with Crippen molar-refractivity contribution in [2.75, 3.05) is 18.1 Å². The molecule has 1 aromatic rings. The average Bonchev–Trinajstić information content (AvgIpc) is 2.26. The normalized spacial score (nSPS) is 11.4. The number of Topliss-reactive ketones (excluding diaryl/α,β-unsaturated/α-hetero) is 1. The zero-order valence-electron chi connectivity index (χ0n) is 9.23. The SMILES string of the molecule is NCCCS(=O)(=O)CC(=O)c1ccc(Cl)cc1. The highest BCUT2D eigenvalue weighted by Gasteiger charge is 2.17. The Morgan fingerprint density at radius 3 is 2.35 bits per heavy atom. The summed E-state index contributed by atoms with van der Waals surface area (Å²) in [6.07, 6.45) is 0.371. The number of halogens is 1. The van der Waals surface area contributed by atoms with Gasteiger partial charge in [-0.25, -0.2) is 8.42 Å². The lowest BCUT2D eigenvalue weighted by Gasteiger charge is -2.03. The molecular weight excluding hydrogens is 262 g/mol. The van der Waals surface area contributed by atoms with E-state index in [0.29, 0.717) is 23.6 Å². The molecule has 0 heterocycles. The topological polar surface area (TPSA) is 77.2 Å². The van der Waals surface area contributed by atoms with Crippen molar-refractivity contribution in [2.45, 2.75) is 6.42 Å². The Balaban J connectivity index is 2.69. The molecule has 0 bridgehead atoms. The van der Waals surface area contributed by atoms with E-state index in [1.807, 2.05) is 0 Å².